The zero-order chi connectivity index (χ0) is 12.4. The Kier molecular flexibility index (Phi) is 3.60. The summed E-state index contributed by atoms with van der Waals surface area (Å²) in [5, 5.41) is 0. The van der Waals surface area contributed by atoms with Crippen LogP contribution < -0.4 is 5.73 Å². The van der Waals surface area contributed by atoms with Crippen molar-refractivity contribution < 1.29 is 0 Å². The fourth-order valence-corrected chi connectivity index (χ4v) is 2.39. The van der Waals surface area contributed by atoms with E-state index in [9.17, 15) is 0 Å². The van der Waals surface area contributed by atoms with Gasteiger partial charge in [-0.2, -0.15) is 0 Å². The van der Waals surface area contributed by atoms with Gasteiger partial charge in [0.05, 0.1) is 6.04 Å². The van der Waals surface area contributed by atoms with Crippen LogP contribution in [0.1, 0.15) is 28.3 Å². The zero-order valence-electron chi connectivity index (χ0n) is 9.94. The highest BCUT2D eigenvalue weighted by Gasteiger charge is 2.15. The third-order valence-corrected chi connectivity index (χ3v) is 4.05. The molecule has 0 saturated heterocycles. The minimum absolute atomic E-state index is 0.141. The average Bonchev–Trinajstić information content (AvgIpc) is 2.32. The Morgan fingerprint density at radius 1 is 1.12 bits per heavy atom. The lowest BCUT2D eigenvalue weighted by Crippen LogP contribution is -2.14. The van der Waals surface area contributed by atoms with Crippen molar-refractivity contribution in [2.75, 3.05) is 0 Å². The molecule has 0 saturated carbocycles. The third kappa shape index (κ3) is 2.40. The van der Waals surface area contributed by atoms with E-state index in [4.69, 9.17) is 5.73 Å². The molecule has 2 aromatic rings. The number of halogens is 1. The molecule has 0 aliphatic carbocycles. The first-order valence-electron chi connectivity index (χ1n) is 5.52. The van der Waals surface area contributed by atoms with Crippen molar-refractivity contribution in [3.8, 4) is 0 Å². The fraction of sp³-hybridized carbons (Fsp3) is 0.214. The summed E-state index contributed by atoms with van der Waals surface area (Å²) in [6.07, 6.45) is 3.63. The lowest BCUT2D eigenvalue weighted by molar-refractivity contribution is 0.845. The predicted octanol–water partition coefficient (Wildman–Crippen LogP) is 3.51. The molecule has 3 heteroatoms. The Morgan fingerprint density at radius 2 is 1.88 bits per heavy atom. The van der Waals surface area contributed by atoms with Crippen molar-refractivity contribution in [1.29, 1.82) is 0 Å². The molecule has 0 bridgehead atoms. The summed E-state index contributed by atoms with van der Waals surface area (Å²) in [5.74, 6) is 0. The van der Waals surface area contributed by atoms with Crippen LogP contribution in [0.2, 0.25) is 0 Å². The summed E-state index contributed by atoms with van der Waals surface area (Å²) in [6.45, 7) is 4.12. The Labute approximate surface area is 110 Å². The molecular weight excluding hydrogens is 276 g/mol. The van der Waals surface area contributed by atoms with Gasteiger partial charge in [-0.15, -0.1) is 0 Å². The standard InChI is InChI=1S/C14H15BrN2/c1-9-6-7-17-8-12(9)14(16)11-5-3-4-10(2)13(11)15/h3-8,14H,16H2,1-2H3. The largest absolute Gasteiger partial charge is 0.320 e. The van der Waals surface area contributed by atoms with Crippen LogP contribution in [0.3, 0.4) is 0 Å². The normalized spacial score (nSPS) is 12.5. The SMILES string of the molecule is Cc1ccncc1C(N)c1cccc(C)c1Br. The number of benzene rings is 1. The molecule has 1 unspecified atom stereocenters. The second kappa shape index (κ2) is 4.98. The minimum atomic E-state index is -0.141. The van der Waals surface area contributed by atoms with E-state index in [2.05, 4.69) is 40.8 Å². The maximum absolute atomic E-state index is 6.32. The van der Waals surface area contributed by atoms with Crippen molar-refractivity contribution in [2.24, 2.45) is 5.73 Å². The van der Waals surface area contributed by atoms with Crippen molar-refractivity contribution in [1.82, 2.24) is 4.98 Å². The Morgan fingerprint density at radius 3 is 2.59 bits per heavy atom. The summed E-state index contributed by atoms with van der Waals surface area (Å²) in [4.78, 5) is 4.15. The van der Waals surface area contributed by atoms with Gasteiger partial charge in [0, 0.05) is 16.9 Å². The molecule has 0 aliphatic heterocycles. The number of aryl methyl sites for hydroxylation is 2. The van der Waals surface area contributed by atoms with E-state index >= 15 is 0 Å². The summed E-state index contributed by atoms with van der Waals surface area (Å²) in [6, 6.07) is 7.99. The van der Waals surface area contributed by atoms with Gasteiger partial charge in [0.2, 0.25) is 0 Å². The molecule has 17 heavy (non-hydrogen) atoms. The van der Waals surface area contributed by atoms with Gasteiger partial charge in [0.25, 0.3) is 0 Å². The molecule has 2 N–H and O–H groups in total. The van der Waals surface area contributed by atoms with Crippen LogP contribution in [-0.2, 0) is 0 Å². The van der Waals surface area contributed by atoms with Gasteiger partial charge in [0.1, 0.15) is 0 Å². The van der Waals surface area contributed by atoms with E-state index in [1.807, 2.05) is 24.4 Å². The second-order valence-electron chi connectivity index (χ2n) is 4.19. The maximum atomic E-state index is 6.32. The number of hydrogen-bond donors (Lipinski definition) is 1. The summed E-state index contributed by atoms with van der Waals surface area (Å²) in [7, 11) is 0. The van der Waals surface area contributed by atoms with Crippen molar-refractivity contribution in [2.45, 2.75) is 19.9 Å². The Bertz CT molecular complexity index is 537. The number of nitrogens with zero attached hydrogens (tertiary/aromatic N) is 1. The van der Waals surface area contributed by atoms with Gasteiger partial charge in [-0.25, -0.2) is 0 Å². The zero-order valence-corrected chi connectivity index (χ0v) is 11.5. The second-order valence-corrected chi connectivity index (χ2v) is 4.98. The van der Waals surface area contributed by atoms with E-state index in [0.29, 0.717) is 0 Å². The number of rotatable bonds is 2. The number of aromatic nitrogens is 1. The minimum Gasteiger partial charge on any atom is -0.320 e. The van der Waals surface area contributed by atoms with Gasteiger partial charge in [0.15, 0.2) is 0 Å². The predicted molar refractivity (Wildman–Crippen MR) is 73.9 cm³/mol. The van der Waals surface area contributed by atoms with Crippen LogP contribution in [0.15, 0.2) is 41.1 Å². The van der Waals surface area contributed by atoms with Crippen LogP contribution in [0.25, 0.3) is 0 Å². The van der Waals surface area contributed by atoms with E-state index < -0.39 is 0 Å². The third-order valence-electron chi connectivity index (χ3n) is 2.97. The molecule has 1 aromatic heterocycles. The smallest absolute Gasteiger partial charge is 0.0580 e. The molecule has 0 fully saturated rings. The molecule has 0 aliphatic rings. The van der Waals surface area contributed by atoms with Gasteiger partial charge in [-0.05, 0) is 42.2 Å². The fourth-order valence-electron chi connectivity index (χ4n) is 1.88. The van der Waals surface area contributed by atoms with Crippen molar-refractivity contribution in [3.63, 3.8) is 0 Å². The van der Waals surface area contributed by atoms with Crippen molar-refractivity contribution in [3.05, 3.63) is 63.4 Å². The van der Waals surface area contributed by atoms with Gasteiger partial charge >= 0.3 is 0 Å². The van der Waals surface area contributed by atoms with Crippen molar-refractivity contribution >= 4 is 15.9 Å². The van der Waals surface area contributed by atoms with Crippen LogP contribution >= 0.6 is 15.9 Å². The first kappa shape index (κ1) is 12.3. The Hall–Kier alpha value is -1.19. The molecule has 1 heterocycles. The van der Waals surface area contributed by atoms with E-state index in [1.54, 1.807) is 6.20 Å². The molecule has 0 radical (unpaired) electrons. The van der Waals surface area contributed by atoms with Gasteiger partial charge in [-0.1, -0.05) is 34.1 Å². The van der Waals surface area contributed by atoms with Gasteiger partial charge in [-0.3, -0.25) is 4.98 Å². The van der Waals surface area contributed by atoms with Crippen LogP contribution in [0.4, 0.5) is 0 Å². The molecule has 1 atom stereocenters. The molecule has 0 amide bonds. The average molecular weight is 291 g/mol. The van der Waals surface area contributed by atoms with Crippen LogP contribution in [0.5, 0.6) is 0 Å². The number of nitrogens with two attached hydrogens (primary N) is 1. The first-order chi connectivity index (χ1) is 8.11. The number of hydrogen-bond acceptors (Lipinski definition) is 2. The molecular formula is C14H15BrN2. The van der Waals surface area contributed by atoms with E-state index in [0.717, 1.165) is 15.6 Å². The van der Waals surface area contributed by atoms with Crippen LogP contribution in [-0.4, -0.2) is 4.98 Å². The lowest BCUT2D eigenvalue weighted by atomic mass is 9.96. The van der Waals surface area contributed by atoms with Crippen LogP contribution in [0, 0.1) is 13.8 Å². The molecule has 0 spiro atoms. The summed E-state index contributed by atoms with van der Waals surface area (Å²) in [5.41, 5.74) is 10.8. The monoisotopic (exact) mass is 290 g/mol. The highest BCUT2D eigenvalue weighted by molar-refractivity contribution is 9.10. The molecule has 88 valence electrons. The van der Waals surface area contributed by atoms with E-state index in [1.165, 1.54) is 11.1 Å². The quantitative estimate of drug-likeness (QED) is 0.919. The molecule has 1 aromatic carbocycles. The molecule has 2 rings (SSSR count). The first-order valence-corrected chi connectivity index (χ1v) is 6.31. The highest BCUT2D eigenvalue weighted by atomic mass is 79.9. The maximum Gasteiger partial charge on any atom is 0.0580 e. The lowest BCUT2D eigenvalue weighted by Gasteiger charge is -2.17. The van der Waals surface area contributed by atoms with E-state index in [-0.39, 0.29) is 6.04 Å². The highest BCUT2D eigenvalue weighted by Crippen LogP contribution is 2.30. The Balaban J connectivity index is 2.48. The van der Waals surface area contributed by atoms with Gasteiger partial charge < -0.3 is 5.73 Å². The molecule has 2 nitrogen and oxygen atoms in total. The summed E-state index contributed by atoms with van der Waals surface area (Å²) < 4.78 is 1.08. The topological polar surface area (TPSA) is 38.9 Å². The number of pyridine rings is 1. The summed E-state index contributed by atoms with van der Waals surface area (Å²) >= 11 is 3.60.